The van der Waals surface area contributed by atoms with Crippen LogP contribution in [0.3, 0.4) is 0 Å². The van der Waals surface area contributed by atoms with Gasteiger partial charge in [0.15, 0.2) is 0 Å². The number of halogens is 1. The maximum Gasteiger partial charge on any atom is 0.129 e. The van der Waals surface area contributed by atoms with Gasteiger partial charge >= 0.3 is 0 Å². The second-order valence-corrected chi connectivity index (χ2v) is 4.89. The molecular formula is C13H11ClOS. The number of hydrogen-bond donors (Lipinski definition) is 0. The summed E-state index contributed by atoms with van der Waals surface area (Å²) in [7, 11) is 0. The summed E-state index contributed by atoms with van der Waals surface area (Å²) in [5, 5.41) is 0. The highest BCUT2D eigenvalue weighted by Gasteiger charge is 2.12. The molecule has 0 saturated carbocycles. The van der Waals surface area contributed by atoms with Crippen molar-refractivity contribution < 1.29 is 4.79 Å². The maximum absolute atomic E-state index is 10.8. The summed E-state index contributed by atoms with van der Waals surface area (Å²) in [6, 6.07) is 14.2. The molecule has 0 aliphatic rings. The summed E-state index contributed by atoms with van der Waals surface area (Å²) in [6.07, 6.45) is 0.910. The van der Waals surface area contributed by atoms with Crippen LogP contribution < -0.4 is 0 Å². The molecule has 1 nitrogen and oxygen atoms in total. The first-order valence-electron chi connectivity index (χ1n) is 5.01. The quantitative estimate of drug-likeness (QED) is 0.594. The second-order valence-electron chi connectivity index (χ2n) is 3.46. The lowest BCUT2D eigenvalue weighted by molar-refractivity contribution is -0.108. The molecule has 0 N–H and O–H groups in total. The average Bonchev–Trinajstić information content (AvgIpc) is 2.81. The molecule has 0 aliphatic carbocycles. The zero-order valence-electron chi connectivity index (χ0n) is 8.60. The molecule has 3 heteroatoms. The van der Waals surface area contributed by atoms with E-state index in [0.717, 1.165) is 11.2 Å². The maximum atomic E-state index is 10.8. The zero-order chi connectivity index (χ0) is 11.4. The van der Waals surface area contributed by atoms with E-state index in [1.807, 2.05) is 30.3 Å². The Morgan fingerprint density at radius 3 is 2.56 bits per heavy atom. The fourth-order valence-corrected chi connectivity index (χ4v) is 2.89. The fraction of sp³-hybridized carbons (Fsp3) is 0.154. The summed E-state index contributed by atoms with van der Waals surface area (Å²) in [6.45, 7) is 0. The van der Waals surface area contributed by atoms with Crippen LogP contribution in [0.1, 0.15) is 10.8 Å². The third kappa shape index (κ3) is 2.34. The minimum atomic E-state index is -0.177. The number of alkyl halides is 1. The molecule has 2 aromatic rings. The summed E-state index contributed by atoms with van der Waals surface area (Å²) in [4.78, 5) is 13.0. The molecule has 1 heterocycles. The number of carbonyl (C=O) groups excluding carboxylic acids is 1. The summed E-state index contributed by atoms with van der Waals surface area (Å²) >= 11 is 7.36. The molecule has 2 rings (SSSR count). The molecule has 16 heavy (non-hydrogen) atoms. The first kappa shape index (κ1) is 11.4. The SMILES string of the molecule is O=CC(CCl)c1ccc(-c2ccccc2)s1. The highest BCUT2D eigenvalue weighted by Crippen LogP contribution is 2.31. The molecule has 0 amide bonds. The van der Waals surface area contributed by atoms with Crippen LogP contribution in [-0.2, 0) is 4.79 Å². The summed E-state index contributed by atoms with van der Waals surface area (Å²) < 4.78 is 0. The van der Waals surface area contributed by atoms with Crippen molar-refractivity contribution in [3.63, 3.8) is 0 Å². The van der Waals surface area contributed by atoms with Crippen molar-refractivity contribution in [1.29, 1.82) is 0 Å². The number of benzene rings is 1. The van der Waals surface area contributed by atoms with Gasteiger partial charge in [-0.3, -0.25) is 0 Å². The van der Waals surface area contributed by atoms with Crippen LogP contribution in [0.25, 0.3) is 10.4 Å². The number of rotatable bonds is 4. The molecule has 1 aromatic heterocycles. The molecule has 0 radical (unpaired) electrons. The molecule has 1 atom stereocenters. The Labute approximate surface area is 104 Å². The second kappa shape index (κ2) is 5.28. The summed E-state index contributed by atoms with van der Waals surface area (Å²) in [5.41, 5.74) is 1.18. The lowest BCUT2D eigenvalue weighted by Crippen LogP contribution is -1.98. The van der Waals surface area contributed by atoms with E-state index >= 15 is 0 Å². The lowest BCUT2D eigenvalue weighted by Gasteiger charge is -2.01. The molecular weight excluding hydrogens is 240 g/mol. The monoisotopic (exact) mass is 250 g/mol. The van der Waals surface area contributed by atoms with Crippen LogP contribution >= 0.6 is 22.9 Å². The van der Waals surface area contributed by atoms with Gasteiger partial charge in [0.05, 0.1) is 5.92 Å². The number of thiophene rings is 1. The van der Waals surface area contributed by atoms with Gasteiger partial charge in [-0.2, -0.15) is 0 Å². The van der Waals surface area contributed by atoms with Gasteiger partial charge in [0, 0.05) is 15.6 Å². The van der Waals surface area contributed by atoms with Gasteiger partial charge in [-0.05, 0) is 17.7 Å². The van der Waals surface area contributed by atoms with Crippen molar-refractivity contribution in [2.45, 2.75) is 5.92 Å². The molecule has 0 fully saturated rings. The van der Waals surface area contributed by atoms with E-state index in [4.69, 9.17) is 11.6 Å². The predicted octanol–water partition coefficient (Wildman–Crippen LogP) is 3.94. The Morgan fingerprint density at radius 1 is 1.19 bits per heavy atom. The van der Waals surface area contributed by atoms with E-state index in [9.17, 15) is 4.79 Å². The third-order valence-corrected chi connectivity index (χ3v) is 3.98. The molecule has 0 saturated heterocycles. The minimum Gasteiger partial charge on any atom is -0.303 e. The smallest absolute Gasteiger partial charge is 0.129 e. The summed E-state index contributed by atoms with van der Waals surface area (Å²) in [5.74, 6) is 0.169. The first-order chi connectivity index (χ1) is 7.85. The largest absolute Gasteiger partial charge is 0.303 e. The third-order valence-electron chi connectivity index (χ3n) is 2.38. The van der Waals surface area contributed by atoms with Crippen LogP contribution in [0.2, 0.25) is 0 Å². The van der Waals surface area contributed by atoms with Crippen LogP contribution in [-0.4, -0.2) is 12.2 Å². The van der Waals surface area contributed by atoms with Gasteiger partial charge in [-0.1, -0.05) is 30.3 Å². The highest BCUT2D eigenvalue weighted by molar-refractivity contribution is 7.15. The average molecular weight is 251 g/mol. The van der Waals surface area contributed by atoms with Gasteiger partial charge in [0.25, 0.3) is 0 Å². The normalized spacial score (nSPS) is 12.3. The molecule has 0 aliphatic heterocycles. The number of carbonyl (C=O) groups is 1. The molecule has 1 unspecified atom stereocenters. The minimum absolute atomic E-state index is 0.177. The zero-order valence-corrected chi connectivity index (χ0v) is 10.2. The molecule has 0 bridgehead atoms. The van der Waals surface area contributed by atoms with Crippen LogP contribution in [0.4, 0.5) is 0 Å². The van der Waals surface area contributed by atoms with Crippen molar-refractivity contribution in [1.82, 2.24) is 0 Å². The van der Waals surface area contributed by atoms with Crippen LogP contribution in [0, 0.1) is 0 Å². The van der Waals surface area contributed by atoms with E-state index in [1.54, 1.807) is 11.3 Å². The van der Waals surface area contributed by atoms with Gasteiger partial charge in [-0.25, -0.2) is 0 Å². The van der Waals surface area contributed by atoms with Gasteiger partial charge in [-0.15, -0.1) is 22.9 Å². The molecule has 1 aromatic carbocycles. The van der Waals surface area contributed by atoms with Gasteiger partial charge < -0.3 is 4.79 Å². The van der Waals surface area contributed by atoms with Crippen molar-refractivity contribution in [3.8, 4) is 10.4 Å². The number of hydrogen-bond acceptors (Lipinski definition) is 2. The van der Waals surface area contributed by atoms with Crippen molar-refractivity contribution in [2.24, 2.45) is 0 Å². The Morgan fingerprint density at radius 2 is 1.94 bits per heavy atom. The Kier molecular flexibility index (Phi) is 3.75. The van der Waals surface area contributed by atoms with E-state index < -0.39 is 0 Å². The van der Waals surface area contributed by atoms with E-state index in [1.165, 1.54) is 10.4 Å². The predicted molar refractivity (Wildman–Crippen MR) is 69.3 cm³/mol. The van der Waals surface area contributed by atoms with Crippen LogP contribution in [0.5, 0.6) is 0 Å². The number of aldehydes is 1. The lowest BCUT2D eigenvalue weighted by atomic mass is 10.1. The topological polar surface area (TPSA) is 17.1 Å². The van der Waals surface area contributed by atoms with Crippen molar-refractivity contribution in [2.75, 3.05) is 5.88 Å². The Balaban J connectivity index is 2.29. The molecule has 0 spiro atoms. The van der Waals surface area contributed by atoms with E-state index in [0.29, 0.717) is 5.88 Å². The Hall–Kier alpha value is -1.12. The van der Waals surface area contributed by atoms with Crippen molar-refractivity contribution in [3.05, 3.63) is 47.3 Å². The fourth-order valence-electron chi connectivity index (χ4n) is 1.49. The Bertz CT molecular complexity index is 464. The van der Waals surface area contributed by atoms with Gasteiger partial charge in [0.2, 0.25) is 0 Å². The molecule has 82 valence electrons. The van der Waals surface area contributed by atoms with E-state index in [-0.39, 0.29) is 5.92 Å². The standard InChI is InChI=1S/C13H11ClOS/c14-8-11(9-15)13-7-6-12(16-13)10-4-2-1-3-5-10/h1-7,9,11H,8H2. The van der Waals surface area contributed by atoms with Crippen molar-refractivity contribution >= 4 is 29.2 Å². The van der Waals surface area contributed by atoms with E-state index in [2.05, 4.69) is 12.1 Å². The van der Waals surface area contributed by atoms with Gasteiger partial charge in [0.1, 0.15) is 6.29 Å². The first-order valence-corrected chi connectivity index (χ1v) is 6.36. The highest BCUT2D eigenvalue weighted by atomic mass is 35.5. The van der Waals surface area contributed by atoms with Crippen LogP contribution in [0.15, 0.2) is 42.5 Å².